The number of nitriles is 1. The van der Waals surface area contributed by atoms with Crippen LogP contribution in [-0.4, -0.2) is 6.61 Å². The fraction of sp³-hybridized carbons (Fsp3) is 0.118. The molecule has 0 aliphatic heterocycles. The third-order valence-corrected chi connectivity index (χ3v) is 3.10. The molecule has 0 aliphatic carbocycles. The molecule has 0 saturated carbocycles. The van der Waals surface area contributed by atoms with E-state index in [1.54, 1.807) is 0 Å². The molecule has 4 heteroatoms. The van der Waals surface area contributed by atoms with Crippen molar-refractivity contribution in [3.8, 4) is 11.8 Å². The van der Waals surface area contributed by atoms with E-state index >= 15 is 0 Å². The van der Waals surface area contributed by atoms with Crippen molar-refractivity contribution in [3.63, 3.8) is 0 Å². The zero-order valence-electron chi connectivity index (χ0n) is 11.4. The normalized spacial score (nSPS) is 10.2. The third kappa shape index (κ3) is 3.15. The van der Waals surface area contributed by atoms with Crippen molar-refractivity contribution in [1.29, 1.82) is 5.26 Å². The average Bonchev–Trinajstić information content (AvgIpc) is 2.95. The summed E-state index contributed by atoms with van der Waals surface area (Å²) in [5.41, 5.74) is 1.87. The van der Waals surface area contributed by atoms with Gasteiger partial charge in [0, 0.05) is 11.1 Å². The first-order valence-electron chi connectivity index (χ1n) is 6.66. The largest absolute Gasteiger partial charge is 0.479 e. The predicted octanol–water partition coefficient (Wildman–Crippen LogP) is 3.95. The summed E-state index contributed by atoms with van der Waals surface area (Å²) < 4.78 is 10.9. The van der Waals surface area contributed by atoms with Crippen LogP contribution in [0.3, 0.4) is 0 Å². The summed E-state index contributed by atoms with van der Waals surface area (Å²) in [6.45, 7) is 0.679. The highest BCUT2D eigenvalue weighted by molar-refractivity contribution is 5.77. The highest BCUT2D eigenvalue weighted by Gasteiger charge is 2.02. The standard InChI is InChI=1S/C17H14N2O2/c18-9-10-20-15-7-5-14(6-8-15)19-12-16-11-13-3-1-2-4-17(13)21-16/h1-8,11,19H,10,12H2. The Kier molecular flexibility index (Phi) is 3.74. The molecule has 0 amide bonds. The van der Waals surface area contributed by atoms with Crippen LogP contribution in [0.5, 0.6) is 5.75 Å². The van der Waals surface area contributed by atoms with Crippen LogP contribution in [0.1, 0.15) is 5.76 Å². The van der Waals surface area contributed by atoms with Crippen molar-refractivity contribution < 1.29 is 9.15 Å². The maximum Gasteiger partial charge on any atom is 0.174 e. The van der Waals surface area contributed by atoms with Gasteiger partial charge in [0.25, 0.3) is 0 Å². The number of ether oxygens (including phenoxy) is 1. The van der Waals surface area contributed by atoms with Gasteiger partial charge in [-0.3, -0.25) is 0 Å². The molecule has 104 valence electrons. The van der Waals surface area contributed by atoms with E-state index in [0.29, 0.717) is 12.3 Å². The minimum atomic E-state index is 0.0613. The number of hydrogen-bond donors (Lipinski definition) is 1. The maximum atomic E-state index is 8.45. The Hall–Kier alpha value is -2.93. The highest BCUT2D eigenvalue weighted by Crippen LogP contribution is 2.20. The second-order valence-corrected chi connectivity index (χ2v) is 4.58. The van der Waals surface area contributed by atoms with Gasteiger partial charge in [0.15, 0.2) is 6.61 Å². The molecule has 3 aromatic rings. The van der Waals surface area contributed by atoms with Crippen molar-refractivity contribution in [1.82, 2.24) is 0 Å². The maximum absolute atomic E-state index is 8.45. The lowest BCUT2D eigenvalue weighted by molar-refractivity contribution is 0.368. The van der Waals surface area contributed by atoms with Crippen LogP contribution < -0.4 is 10.1 Å². The second-order valence-electron chi connectivity index (χ2n) is 4.58. The zero-order chi connectivity index (χ0) is 14.5. The monoisotopic (exact) mass is 278 g/mol. The Morgan fingerprint density at radius 3 is 2.67 bits per heavy atom. The SMILES string of the molecule is N#CCOc1ccc(NCc2cc3ccccc3o2)cc1. The van der Waals surface area contributed by atoms with Crippen LogP contribution in [0, 0.1) is 11.3 Å². The first kappa shape index (κ1) is 13.1. The van der Waals surface area contributed by atoms with Crippen LogP contribution in [0.15, 0.2) is 59.0 Å². The number of para-hydroxylation sites is 1. The lowest BCUT2D eigenvalue weighted by atomic mass is 10.2. The number of benzene rings is 2. The molecule has 3 rings (SSSR count). The van der Waals surface area contributed by atoms with Gasteiger partial charge in [-0.25, -0.2) is 0 Å². The molecule has 0 fully saturated rings. The Morgan fingerprint density at radius 2 is 1.90 bits per heavy atom. The molecule has 1 aromatic heterocycles. The number of furan rings is 1. The van der Waals surface area contributed by atoms with Crippen LogP contribution in [-0.2, 0) is 6.54 Å². The Labute approximate surface area is 122 Å². The fourth-order valence-corrected chi connectivity index (χ4v) is 2.10. The molecule has 1 heterocycles. The van der Waals surface area contributed by atoms with E-state index in [1.165, 1.54) is 0 Å². The molecule has 21 heavy (non-hydrogen) atoms. The van der Waals surface area contributed by atoms with Gasteiger partial charge in [0.05, 0.1) is 6.54 Å². The summed E-state index contributed by atoms with van der Waals surface area (Å²) in [4.78, 5) is 0. The van der Waals surface area contributed by atoms with E-state index in [-0.39, 0.29) is 6.61 Å². The van der Waals surface area contributed by atoms with Crippen LogP contribution in [0.25, 0.3) is 11.0 Å². The molecule has 1 N–H and O–H groups in total. The number of anilines is 1. The molecule has 0 saturated heterocycles. The summed E-state index contributed by atoms with van der Waals surface area (Å²) >= 11 is 0. The second kappa shape index (κ2) is 6.02. The van der Waals surface area contributed by atoms with Crippen LogP contribution in [0.4, 0.5) is 5.69 Å². The first-order chi connectivity index (χ1) is 10.3. The predicted molar refractivity (Wildman–Crippen MR) is 81.1 cm³/mol. The van der Waals surface area contributed by atoms with Gasteiger partial charge >= 0.3 is 0 Å². The van der Waals surface area contributed by atoms with Gasteiger partial charge in [-0.2, -0.15) is 5.26 Å². The smallest absolute Gasteiger partial charge is 0.174 e. The van der Waals surface area contributed by atoms with Crippen molar-refractivity contribution in [3.05, 3.63) is 60.4 Å². The minimum absolute atomic E-state index is 0.0613. The van der Waals surface area contributed by atoms with Gasteiger partial charge in [-0.1, -0.05) is 18.2 Å². The summed E-state index contributed by atoms with van der Waals surface area (Å²) in [7, 11) is 0. The Bertz CT molecular complexity index is 736. The Balaban J connectivity index is 1.63. The third-order valence-electron chi connectivity index (χ3n) is 3.10. The minimum Gasteiger partial charge on any atom is -0.479 e. The van der Waals surface area contributed by atoms with E-state index in [4.69, 9.17) is 14.4 Å². The molecule has 0 bridgehead atoms. The van der Waals surface area contributed by atoms with E-state index in [0.717, 1.165) is 22.4 Å². The quantitative estimate of drug-likeness (QED) is 0.767. The molecule has 0 unspecified atom stereocenters. The highest BCUT2D eigenvalue weighted by atomic mass is 16.5. The van der Waals surface area contributed by atoms with Gasteiger partial charge in [-0.05, 0) is 36.4 Å². The van der Waals surface area contributed by atoms with E-state index < -0.39 is 0 Å². The molecule has 4 nitrogen and oxygen atoms in total. The van der Waals surface area contributed by atoms with E-state index in [2.05, 4.69) is 5.32 Å². The van der Waals surface area contributed by atoms with Gasteiger partial charge in [0.2, 0.25) is 0 Å². The van der Waals surface area contributed by atoms with Crippen LogP contribution >= 0.6 is 0 Å². The molecule has 0 spiro atoms. The van der Waals surface area contributed by atoms with E-state index in [1.807, 2.05) is 60.7 Å². The van der Waals surface area contributed by atoms with Crippen molar-refractivity contribution in [2.45, 2.75) is 6.54 Å². The summed E-state index contributed by atoms with van der Waals surface area (Å²) in [5, 5.41) is 12.9. The molecule has 2 aromatic carbocycles. The zero-order valence-corrected chi connectivity index (χ0v) is 11.4. The summed E-state index contributed by atoms with van der Waals surface area (Å²) in [6.07, 6.45) is 0. The summed E-state index contributed by atoms with van der Waals surface area (Å²) in [5.74, 6) is 1.58. The van der Waals surface area contributed by atoms with Gasteiger partial charge < -0.3 is 14.5 Å². The molecular weight excluding hydrogens is 264 g/mol. The molecule has 0 aliphatic rings. The number of rotatable bonds is 5. The number of hydrogen-bond acceptors (Lipinski definition) is 4. The number of fused-ring (bicyclic) bond motifs is 1. The van der Waals surface area contributed by atoms with Gasteiger partial charge in [-0.15, -0.1) is 0 Å². The number of nitrogens with one attached hydrogen (secondary N) is 1. The lowest BCUT2D eigenvalue weighted by Gasteiger charge is -2.06. The summed E-state index contributed by atoms with van der Waals surface area (Å²) in [6, 6.07) is 19.4. The molecular formula is C17H14N2O2. The topological polar surface area (TPSA) is 58.2 Å². The van der Waals surface area contributed by atoms with Crippen molar-refractivity contribution in [2.75, 3.05) is 11.9 Å². The fourth-order valence-electron chi connectivity index (χ4n) is 2.10. The lowest BCUT2D eigenvalue weighted by Crippen LogP contribution is -1.98. The van der Waals surface area contributed by atoms with Crippen LogP contribution in [0.2, 0.25) is 0 Å². The van der Waals surface area contributed by atoms with Crippen molar-refractivity contribution in [2.24, 2.45) is 0 Å². The van der Waals surface area contributed by atoms with Gasteiger partial charge in [0.1, 0.15) is 23.2 Å². The number of nitrogens with zero attached hydrogens (tertiary/aromatic N) is 1. The Morgan fingerprint density at radius 1 is 1.10 bits per heavy atom. The average molecular weight is 278 g/mol. The van der Waals surface area contributed by atoms with E-state index in [9.17, 15) is 0 Å². The molecule has 0 atom stereocenters. The first-order valence-corrected chi connectivity index (χ1v) is 6.66. The molecule has 0 radical (unpaired) electrons. The van der Waals surface area contributed by atoms with Crippen molar-refractivity contribution >= 4 is 16.7 Å².